The number of hydrogen-bond donors (Lipinski definition) is 1. The Morgan fingerprint density at radius 1 is 0.810 bits per heavy atom. The number of unbranched alkanes of at least 4 members (excludes halogenated alkanes) is 5. The van der Waals surface area contributed by atoms with E-state index >= 15 is 0 Å². The van der Waals surface area contributed by atoms with E-state index < -0.39 is 36.3 Å². The molecule has 6 rings (SSSR count). The number of nitrogens with zero attached hydrogens (tertiary/aromatic N) is 4. The molecule has 0 fully saturated rings. The van der Waals surface area contributed by atoms with Crippen LogP contribution in [0.1, 0.15) is 84.2 Å². The lowest BCUT2D eigenvalue weighted by Crippen LogP contribution is -2.48. The van der Waals surface area contributed by atoms with E-state index in [2.05, 4.69) is 19.9 Å². The third-order valence-corrected chi connectivity index (χ3v) is 10.4. The van der Waals surface area contributed by atoms with E-state index in [1.165, 1.54) is 31.4 Å². The van der Waals surface area contributed by atoms with Gasteiger partial charge in [0.15, 0.2) is 0 Å². The van der Waals surface area contributed by atoms with Gasteiger partial charge in [0.2, 0.25) is 5.91 Å². The lowest BCUT2D eigenvalue weighted by Gasteiger charge is -2.24. The van der Waals surface area contributed by atoms with Gasteiger partial charge in [-0.15, -0.1) is 0 Å². The number of aldehydes is 1. The molecule has 0 saturated heterocycles. The average Bonchev–Trinajstić information content (AvgIpc) is 3.66. The molecular weight excluding hydrogens is 749 g/mol. The first kappa shape index (κ1) is 42.0. The molecule has 5 aromatic rings. The summed E-state index contributed by atoms with van der Waals surface area (Å²) in [5.41, 5.74) is 3.81. The maximum atomic E-state index is 14.9. The SMILES string of the molecule is CNC(=O)C(CCC=O)N1C(=O)c2ccc(OCCCCCCOCCCCCOCC(F)(F)c3ccc(-c4ccc5c6cnccc6n(C)c5c4)cn3)cc2C1=O. The number of ether oxygens (including phenoxy) is 3. The number of aromatic nitrogens is 3. The van der Waals surface area contributed by atoms with E-state index in [4.69, 9.17) is 14.2 Å². The predicted molar refractivity (Wildman–Crippen MR) is 215 cm³/mol. The van der Waals surface area contributed by atoms with Gasteiger partial charge in [-0.3, -0.25) is 29.3 Å². The molecule has 12 nitrogen and oxygen atoms in total. The Balaban J connectivity index is 0.800. The van der Waals surface area contributed by atoms with Crippen LogP contribution < -0.4 is 10.1 Å². The normalized spacial score (nSPS) is 13.3. The van der Waals surface area contributed by atoms with E-state index in [-0.39, 0.29) is 36.3 Å². The summed E-state index contributed by atoms with van der Waals surface area (Å²) >= 11 is 0. The maximum absolute atomic E-state index is 14.9. The highest BCUT2D eigenvalue weighted by molar-refractivity contribution is 6.23. The average molecular weight is 798 g/mol. The number of imide groups is 1. The van der Waals surface area contributed by atoms with Crippen LogP contribution in [0.5, 0.6) is 5.75 Å². The van der Waals surface area contributed by atoms with Crippen LogP contribution in [-0.2, 0) is 32.0 Å². The van der Waals surface area contributed by atoms with Crippen molar-refractivity contribution in [3.8, 4) is 16.9 Å². The van der Waals surface area contributed by atoms with E-state index in [1.807, 2.05) is 37.5 Å². The van der Waals surface area contributed by atoms with E-state index in [0.717, 1.165) is 76.4 Å². The summed E-state index contributed by atoms with van der Waals surface area (Å²) in [5, 5.41) is 4.60. The minimum atomic E-state index is -3.20. The zero-order valence-electron chi connectivity index (χ0n) is 32.9. The van der Waals surface area contributed by atoms with Gasteiger partial charge in [-0.2, -0.15) is 8.78 Å². The fourth-order valence-corrected chi connectivity index (χ4v) is 7.21. The number of alkyl halides is 2. The van der Waals surface area contributed by atoms with Crippen LogP contribution >= 0.6 is 0 Å². The molecule has 58 heavy (non-hydrogen) atoms. The molecule has 3 amide bonds. The number of likely N-dealkylation sites (N-methyl/N-ethyl adjacent to an activating group) is 1. The quantitative estimate of drug-likeness (QED) is 0.0406. The van der Waals surface area contributed by atoms with Crippen LogP contribution in [0.3, 0.4) is 0 Å². The van der Waals surface area contributed by atoms with Crippen LogP contribution in [-0.4, -0.2) is 89.6 Å². The molecule has 0 bridgehead atoms. The Kier molecular flexibility index (Phi) is 14.3. The van der Waals surface area contributed by atoms with Crippen LogP contribution in [0.15, 0.2) is 73.2 Å². The summed E-state index contributed by atoms with van der Waals surface area (Å²) in [6, 6.07) is 14.7. The number of rotatable bonds is 23. The molecule has 0 spiro atoms. The van der Waals surface area contributed by atoms with Crippen LogP contribution in [0.4, 0.5) is 8.78 Å². The van der Waals surface area contributed by atoms with Crippen LogP contribution in [0.25, 0.3) is 32.9 Å². The molecule has 3 aromatic heterocycles. The molecule has 306 valence electrons. The zero-order valence-corrected chi connectivity index (χ0v) is 32.9. The minimum absolute atomic E-state index is 0.0402. The van der Waals surface area contributed by atoms with Gasteiger partial charge in [-0.1, -0.05) is 24.6 Å². The van der Waals surface area contributed by atoms with Gasteiger partial charge in [-0.05, 0) is 86.9 Å². The number of benzene rings is 2. The molecule has 0 aliphatic carbocycles. The summed E-state index contributed by atoms with van der Waals surface area (Å²) in [5.74, 6) is -4.40. The second kappa shape index (κ2) is 19.7. The Hall–Kier alpha value is -5.60. The summed E-state index contributed by atoms with van der Waals surface area (Å²) in [4.78, 5) is 58.5. The van der Waals surface area contributed by atoms with Crippen molar-refractivity contribution in [2.45, 2.75) is 69.8 Å². The predicted octanol–water partition coefficient (Wildman–Crippen LogP) is 7.41. The van der Waals surface area contributed by atoms with Crippen molar-refractivity contribution in [3.63, 3.8) is 0 Å². The molecule has 1 unspecified atom stereocenters. The largest absolute Gasteiger partial charge is 0.494 e. The molecule has 2 aromatic carbocycles. The first-order chi connectivity index (χ1) is 28.1. The maximum Gasteiger partial charge on any atom is 0.312 e. The van der Waals surface area contributed by atoms with Crippen molar-refractivity contribution in [2.24, 2.45) is 7.05 Å². The number of carbonyl (C=O) groups is 4. The van der Waals surface area contributed by atoms with E-state index in [0.29, 0.717) is 38.3 Å². The van der Waals surface area contributed by atoms with Crippen molar-refractivity contribution in [1.29, 1.82) is 0 Å². The second-order valence-corrected chi connectivity index (χ2v) is 14.4. The van der Waals surface area contributed by atoms with Gasteiger partial charge in [0, 0.05) is 80.8 Å². The second-order valence-electron chi connectivity index (χ2n) is 14.4. The lowest BCUT2D eigenvalue weighted by atomic mass is 10.0. The Morgan fingerprint density at radius 2 is 1.52 bits per heavy atom. The highest BCUT2D eigenvalue weighted by Crippen LogP contribution is 2.33. The summed E-state index contributed by atoms with van der Waals surface area (Å²) in [7, 11) is 3.41. The molecule has 1 N–H and O–H groups in total. The van der Waals surface area contributed by atoms with Crippen molar-refractivity contribution in [1.82, 2.24) is 24.8 Å². The first-order valence-electron chi connectivity index (χ1n) is 19.8. The number of carbonyl (C=O) groups excluding carboxylic acids is 4. The highest BCUT2D eigenvalue weighted by atomic mass is 19.3. The number of fused-ring (bicyclic) bond motifs is 4. The van der Waals surface area contributed by atoms with Crippen molar-refractivity contribution in [2.75, 3.05) is 40.1 Å². The third-order valence-electron chi connectivity index (χ3n) is 10.4. The summed E-state index contributed by atoms with van der Waals surface area (Å²) in [6.07, 6.45) is 11.7. The van der Waals surface area contributed by atoms with Gasteiger partial charge in [0.05, 0.1) is 23.3 Å². The number of halogens is 2. The zero-order chi connectivity index (χ0) is 41.1. The number of amides is 3. The summed E-state index contributed by atoms with van der Waals surface area (Å²) < 4.78 is 48.8. The van der Waals surface area contributed by atoms with Gasteiger partial charge in [0.1, 0.15) is 30.4 Å². The van der Waals surface area contributed by atoms with Gasteiger partial charge < -0.3 is 28.9 Å². The number of nitrogens with one attached hydrogen (secondary N) is 1. The van der Waals surface area contributed by atoms with Crippen molar-refractivity contribution >= 4 is 45.8 Å². The molecule has 1 atom stereocenters. The fourth-order valence-electron chi connectivity index (χ4n) is 7.21. The Bertz CT molecular complexity index is 2230. The van der Waals surface area contributed by atoms with Gasteiger partial charge in [0.25, 0.3) is 11.8 Å². The molecule has 0 radical (unpaired) electrons. The summed E-state index contributed by atoms with van der Waals surface area (Å²) in [6.45, 7) is 1.17. The Labute approximate surface area is 335 Å². The smallest absolute Gasteiger partial charge is 0.312 e. The van der Waals surface area contributed by atoms with Gasteiger partial charge >= 0.3 is 5.92 Å². The fraction of sp³-hybridized carbons (Fsp3) is 0.409. The van der Waals surface area contributed by atoms with Gasteiger partial charge in [-0.25, -0.2) is 0 Å². The molecular formula is C44H49F2N5O7. The number of hydrogen-bond acceptors (Lipinski definition) is 9. The lowest BCUT2D eigenvalue weighted by molar-refractivity contribution is -0.124. The standard InChI is InChI=1S/C44H49F2N5O7/c1-47-41(53)38(11-10-20-52)51-42(54)34-16-14-32(26-35(34)43(51)55)58-24-9-4-3-6-21-56-22-7-5-8-23-57-29-44(45,46)40-17-13-31(27-49-40)30-12-15-33-36-28-48-19-18-37(36)50(2)39(33)25-30/h12-20,25-28,38H,3-11,21-24,29H2,1-2H3,(H,47,53). The van der Waals surface area contributed by atoms with Crippen molar-refractivity contribution < 1.29 is 42.2 Å². The molecule has 1 aliphatic rings. The minimum Gasteiger partial charge on any atom is -0.494 e. The van der Waals surface area contributed by atoms with E-state index in [9.17, 15) is 28.0 Å². The van der Waals surface area contributed by atoms with E-state index in [1.54, 1.807) is 18.3 Å². The molecule has 4 heterocycles. The number of pyridine rings is 2. The monoisotopic (exact) mass is 797 g/mol. The molecule has 1 aliphatic heterocycles. The van der Waals surface area contributed by atoms with Crippen molar-refractivity contribution in [3.05, 3.63) is 90.0 Å². The number of aryl methyl sites for hydroxylation is 1. The molecule has 0 saturated carbocycles. The van der Waals surface area contributed by atoms with Crippen LogP contribution in [0, 0.1) is 0 Å². The first-order valence-corrected chi connectivity index (χ1v) is 19.8. The molecule has 14 heteroatoms. The van der Waals surface area contributed by atoms with Crippen LogP contribution in [0.2, 0.25) is 0 Å². The topological polar surface area (TPSA) is 142 Å². The highest BCUT2D eigenvalue weighted by Gasteiger charge is 2.42. The third kappa shape index (κ3) is 9.74. The Morgan fingerprint density at radius 3 is 2.24 bits per heavy atom.